The fraction of sp³-hybridized carbons (Fsp3) is 0.333. The zero-order valence-electron chi connectivity index (χ0n) is 13.4. The molecule has 2 rings (SSSR count). The first-order chi connectivity index (χ1) is 11.1. The van der Waals surface area contributed by atoms with Gasteiger partial charge < -0.3 is 13.9 Å². The van der Waals surface area contributed by atoms with Gasteiger partial charge in [0, 0.05) is 17.0 Å². The van der Waals surface area contributed by atoms with Crippen LogP contribution in [0.25, 0.3) is 11.0 Å². The number of ether oxygens (including phenoxy) is 2. The summed E-state index contributed by atoms with van der Waals surface area (Å²) in [6.45, 7) is 7.26. The Kier molecular flexibility index (Phi) is 5.57. The van der Waals surface area contributed by atoms with E-state index in [2.05, 4.69) is 13.5 Å². The number of carbonyl (C=O) groups is 1. The average Bonchev–Trinajstić information content (AvgIpc) is 2.53. The number of hydrogen-bond donors (Lipinski definition) is 0. The number of benzene rings is 1. The number of esters is 1. The quantitative estimate of drug-likeness (QED) is 0.446. The van der Waals surface area contributed by atoms with Crippen LogP contribution in [0, 0.1) is 6.92 Å². The second-order valence-corrected chi connectivity index (χ2v) is 5.17. The highest BCUT2D eigenvalue weighted by atomic mass is 16.6. The van der Waals surface area contributed by atoms with Crippen molar-refractivity contribution in [2.24, 2.45) is 0 Å². The molecule has 0 bridgehead atoms. The van der Waals surface area contributed by atoms with Gasteiger partial charge in [0.1, 0.15) is 17.9 Å². The van der Waals surface area contributed by atoms with Crippen LogP contribution >= 0.6 is 0 Å². The molecule has 0 saturated carbocycles. The summed E-state index contributed by atoms with van der Waals surface area (Å²) in [6, 6.07) is 5.15. The molecule has 1 aromatic heterocycles. The third kappa shape index (κ3) is 4.00. The third-order valence-electron chi connectivity index (χ3n) is 3.42. The lowest BCUT2D eigenvalue weighted by Crippen LogP contribution is -2.15. The fourth-order valence-electron chi connectivity index (χ4n) is 2.37. The molecule has 5 heteroatoms. The minimum absolute atomic E-state index is 0.147. The van der Waals surface area contributed by atoms with Crippen molar-refractivity contribution in [2.75, 3.05) is 13.2 Å². The molecule has 0 amide bonds. The lowest BCUT2D eigenvalue weighted by Gasteiger charge is -2.11. The van der Waals surface area contributed by atoms with E-state index in [1.54, 1.807) is 13.0 Å². The van der Waals surface area contributed by atoms with Crippen LogP contribution in [-0.4, -0.2) is 19.2 Å². The Labute approximate surface area is 134 Å². The Balaban J connectivity index is 2.29. The van der Waals surface area contributed by atoms with Crippen LogP contribution < -0.4 is 10.4 Å². The zero-order valence-corrected chi connectivity index (χ0v) is 13.4. The Hall–Kier alpha value is -2.56. The van der Waals surface area contributed by atoms with E-state index in [0.29, 0.717) is 16.9 Å². The van der Waals surface area contributed by atoms with E-state index in [0.717, 1.165) is 23.8 Å². The summed E-state index contributed by atoms with van der Waals surface area (Å²) < 4.78 is 15.7. The van der Waals surface area contributed by atoms with Gasteiger partial charge in [-0.3, -0.25) is 0 Å². The largest absolute Gasteiger partial charge is 0.481 e. The number of fused-ring (bicyclic) bond motifs is 1. The molecule has 0 fully saturated rings. The summed E-state index contributed by atoms with van der Waals surface area (Å²) >= 11 is 0. The molecule has 0 N–H and O–H groups in total. The highest BCUT2D eigenvalue weighted by molar-refractivity contribution is 5.85. The van der Waals surface area contributed by atoms with Crippen LogP contribution in [-0.2, 0) is 16.0 Å². The molecule has 0 aliphatic rings. The van der Waals surface area contributed by atoms with Crippen molar-refractivity contribution in [1.82, 2.24) is 0 Å². The monoisotopic (exact) mass is 316 g/mol. The predicted octanol–water partition coefficient (Wildman–Crippen LogP) is 3.16. The molecule has 122 valence electrons. The molecule has 0 spiro atoms. The average molecular weight is 316 g/mol. The Morgan fingerprint density at radius 3 is 2.87 bits per heavy atom. The number of aryl methyl sites for hydroxylation is 2. The van der Waals surface area contributed by atoms with Crippen LogP contribution in [0.2, 0.25) is 0 Å². The van der Waals surface area contributed by atoms with Gasteiger partial charge in [-0.2, -0.15) is 0 Å². The summed E-state index contributed by atoms with van der Waals surface area (Å²) in [4.78, 5) is 23.2. The lowest BCUT2D eigenvalue weighted by atomic mass is 10.0. The van der Waals surface area contributed by atoms with E-state index in [9.17, 15) is 9.59 Å². The molecule has 1 aromatic carbocycles. The van der Waals surface area contributed by atoms with Gasteiger partial charge in [-0.25, -0.2) is 9.59 Å². The predicted molar refractivity (Wildman–Crippen MR) is 87.9 cm³/mol. The molecule has 0 unspecified atom stereocenters. The second-order valence-electron chi connectivity index (χ2n) is 5.17. The van der Waals surface area contributed by atoms with Crippen molar-refractivity contribution >= 4 is 16.9 Å². The Morgan fingerprint density at radius 2 is 2.17 bits per heavy atom. The normalized spacial score (nSPS) is 10.5. The lowest BCUT2D eigenvalue weighted by molar-refractivity contribution is -0.144. The molecule has 1 heterocycles. The second kappa shape index (κ2) is 7.63. The van der Waals surface area contributed by atoms with Crippen LogP contribution in [0.4, 0.5) is 0 Å². The van der Waals surface area contributed by atoms with Crippen molar-refractivity contribution in [1.29, 1.82) is 0 Å². The molecule has 0 aliphatic heterocycles. The molecule has 23 heavy (non-hydrogen) atoms. The van der Waals surface area contributed by atoms with Crippen LogP contribution in [0.1, 0.15) is 24.5 Å². The van der Waals surface area contributed by atoms with Crippen molar-refractivity contribution in [3.8, 4) is 5.75 Å². The SMILES string of the molecule is C=CCOC(=O)COc1ccc2c(CCC)cc(=O)oc2c1C. The fourth-order valence-corrected chi connectivity index (χ4v) is 2.37. The standard InChI is InChI=1S/C18H20O5/c1-4-6-13-10-16(19)23-18-12(3)15(8-7-14(13)18)22-11-17(20)21-9-5-2/h5,7-8,10H,2,4,6,9,11H2,1,3H3. The minimum Gasteiger partial charge on any atom is -0.481 e. The maximum atomic E-state index is 11.7. The van der Waals surface area contributed by atoms with Gasteiger partial charge in [-0.15, -0.1) is 0 Å². The summed E-state index contributed by atoms with van der Waals surface area (Å²) in [5, 5.41) is 0.894. The van der Waals surface area contributed by atoms with Gasteiger partial charge in [-0.05, 0) is 31.0 Å². The third-order valence-corrected chi connectivity index (χ3v) is 3.42. The van der Waals surface area contributed by atoms with E-state index >= 15 is 0 Å². The summed E-state index contributed by atoms with van der Waals surface area (Å²) in [5.74, 6) is 0.00966. The first-order valence-electron chi connectivity index (χ1n) is 7.52. The van der Waals surface area contributed by atoms with Crippen molar-refractivity contribution in [3.05, 3.63) is 52.4 Å². The summed E-state index contributed by atoms with van der Waals surface area (Å²) in [7, 11) is 0. The Bertz CT molecular complexity index is 773. The van der Waals surface area contributed by atoms with E-state index in [1.807, 2.05) is 6.07 Å². The highest BCUT2D eigenvalue weighted by Gasteiger charge is 2.13. The number of carbonyl (C=O) groups excluding carboxylic acids is 1. The highest BCUT2D eigenvalue weighted by Crippen LogP contribution is 2.28. The molecule has 0 aliphatic carbocycles. The topological polar surface area (TPSA) is 65.7 Å². The molecule has 0 saturated heterocycles. The van der Waals surface area contributed by atoms with Crippen LogP contribution in [0.5, 0.6) is 5.75 Å². The number of hydrogen-bond acceptors (Lipinski definition) is 5. The Morgan fingerprint density at radius 1 is 1.39 bits per heavy atom. The van der Waals surface area contributed by atoms with Crippen LogP contribution in [0.15, 0.2) is 40.1 Å². The van der Waals surface area contributed by atoms with Gasteiger partial charge in [0.2, 0.25) is 0 Å². The van der Waals surface area contributed by atoms with E-state index in [4.69, 9.17) is 13.9 Å². The summed E-state index contributed by atoms with van der Waals surface area (Å²) in [6.07, 6.45) is 3.23. The van der Waals surface area contributed by atoms with Gasteiger partial charge >= 0.3 is 11.6 Å². The first-order valence-corrected chi connectivity index (χ1v) is 7.52. The molecule has 2 aromatic rings. The van der Waals surface area contributed by atoms with Gasteiger partial charge in [0.25, 0.3) is 0 Å². The molecular formula is C18H20O5. The molecule has 0 radical (unpaired) electrons. The van der Waals surface area contributed by atoms with Crippen LogP contribution in [0.3, 0.4) is 0 Å². The first kappa shape index (κ1) is 16.8. The number of rotatable bonds is 7. The van der Waals surface area contributed by atoms with Crippen molar-refractivity contribution in [2.45, 2.75) is 26.7 Å². The molecular weight excluding hydrogens is 296 g/mol. The van der Waals surface area contributed by atoms with Crippen molar-refractivity contribution in [3.63, 3.8) is 0 Å². The van der Waals surface area contributed by atoms with E-state index in [-0.39, 0.29) is 18.8 Å². The minimum atomic E-state index is -0.481. The van der Waals surface area contributed by atoms with Gasteiger partial charge in [0.15, 0.2) is 6.61 Å². The van der Waals surface area contributed by atoms with E-state index < -0.39 is 5.97 Å². The van der Waals surface area contributed by atoms with Gasteiger partial charge in [0.05, 0.1) is 0 Å². The van der Waals surface area contributed by atoms with E-state index in [1.165, 1.54) is 12.1 Å². The smallest absolute Gasteiger partial charge is 0.344 e. The summed E-state index contributed by atoms with van der Waals surface area (Å²) in [5.41, 5.74) is 1.76. The zero-order chi connectivity index (χ0) is 16.8. The molecule has 5 nitrogen and oxygen atoms in total. The van der Waals surface area contributed by atoms with Crippen molar-refractivity contribution < 1.29 is 18.7 Å². The maximum absolute atomic E-state index is 11.7. The maximum Gasteiger partial charge on any atom is 0.344 e. The van der Waals surface area contributed by atoms with Gasteiger partial charge in [-0.1, -0.05) is 26.0 Å². The molecule has 0 atom stereocenters.